The first kappa shape index (κ1) is 16.5. The van der Waals surface area contributed by atoms with Crippen LogP contribution in [0.5, 0.6) is 0 Å². The van der Waals surface area contributed by atoms with Crippen molar-refractivity contribution < 1.29 is 9.72 Å². The monoisotopic (exact) mass is 346 g/mol. The lowest BCUT2D eigenvalue weighted by Gasteiger charge is -2.33. The summed E-state index contributed by atoms with van der Waals surface area (Å²) in [5.41, 5.74) is 1.59. The predicted octanol–water partition coefficient (Wildman–Crippen LogP) is 2.38. The van der Waals surface area contributed by atoms with Crippen LogP contribution < -0.4 is 0 Å². The van der Waals surface area contributed by atoms with E-state index in [0.717, 1.165) is 49.0 Å². The summed E-state index contributed by atoms with van der Waals surface area (Å²) in [7, 11) is 0. The third kappa shape index (κ3) is 3.77. The second-order valence-electron chi connectivity index (χ2n) is 5.72. The van der Waals surface area contributed by atoms with Crippen LogP contribution in [-0.2, 0) is 11.3 Å². The molecule has 0 saturated carbocycles. The Labute approximate surface area is 143 Å². The Morgan fingerprint density at radius 1 is 1.33 bits per heavy atom. The van der Waals surface area contributed by atoms with Gasteiger partial charge >= 0.3 is 0 Å². The molecule has 1 aromatic carbocycles. The summed E-state index contributed by atoms with van der Waals surface area (Å²) in [6.45, 7) is 5.51. The van der Waals surface area contributed by atoms with Crippen molar-refractivity contribution in [3.8, 4) is 11.3 Å². The number of benzene rings is 1. The maximum Gasteiger partial charge on any atom is 0.270 e. The van der Waals surface area contributed by atoms with Crippen LogP contribution in [0.4, 0.5) is 5.69 Å². The molecule has 3 rings (SSSR count). The molecule has 2 aromatic rings. The van der Waals surface area contributed by atoms with E-state index >= 15 is 0 Å². The van der Waals surface area contributed by atoms with E-state index in [9.17, 15) is 14.9 Å². The molecule has 1 aliphatic heterocycles. The molecule has 126 valence electrons. The van der Waals surface area contributed by atoms with Crippen LogP contribution in [0.15, 0.2) is 29.6 Å². The normalized spacial score (nSPS) is 15.5. The van der Waals surface area contributed by atoms with Crippen LogP contribution >= 0.6 is 11.3 Å². The Balaban J connectivity index is 1.65. The number of nitro benzene ring substituents is 1. The number of carbonyl (C=O) groups excluding carboxylic acids is 1. The SMILES string of the molecule is CC(=O)N1CCN(Cc2nc(-c3cccc([N+](=O)[O-])c3)cs2)CC1. The van der Waals surface area contributed by atoms with Gasteiger partial charge in [0.05, 0.1) is 17.2 Å². The van der Waals surface area contributed by atoms with Crippen molar-refractivity contribution in [2.45, 2.75) is 13.5 Å². The fraction of sp³-hybridized carbons (Fsp3) is 0.375. The maximum atomic E-state index is 11.3. The van der Waals surface area contributed by atoms with Crippen molar-refractivity contribution in [2.75, 3.05) is 26.2 Å². The Morgan fingerprint density at radius 3 is 2.75 bits per heavy atom. The standard InChI is InChI=1S/C16H18N4O3S/c1-12(21)19-7-5-18(6-8-19)10-16-17-15(11-24-16)13-3-2-4-14(9-13)20(22)23/h2-4,9,11H,5-8,10H2,1H3. The fourth-order valence-electron chi connectivity index (χ4n) is 2.71. The second-order valence-corrected chi connectivity index (χ2v) is 6.66. The van der Waals surface area contributed by atoms with Gasteiger partial charge in [-0.25, -0.2) is 4.98 Å². The molecule has 1 aliphatic rings. The molecule has 1 amide bonds. The molecule has 0 bridgehead atoms. The highest BCUT2D eigenvalue weighted by molar-refractivity contribution is 7.09. The van der Waals surface area contributed by atoms with Gasteiger partial charge in [-0.1, -0.05) is 12.1 Å². The molecule has 7 nitrogen and oxygen atoms in total. The van der Waals surface area contributed by atoms with E-state index in [4.69, 9.17) is 0 Å². The van der Waals surface area contributed by atoms with Crippen molar-refractivity contribution in [3.63, 3.8) is 0 Å². The minimum absolute atomic E-state index is 0.0717. The summed E-state index contributed by atoms with van der Waals surface area (Å²) >= 11 is 1.56. The van der Waals surface area contributed by atoms with Gasteiger partial charge in [-0.05, 0) is 0 Å². The zero-order chi connectivity index (χ0) is 17.1. The Morgan fingerprint density at radius 2 is 2.08 bits per heavy atom. The fourth-order valence-corrected chi connectivity index (χ4v) is 3.55. The predicted molar refractivity (Wildman–Crippen MR) is 91.7 cm³/mol. The number of piperazine rings is 1. The van der Waals surface area contributed by atoms with E-state index in [0.29, 0.717) is 0 Å². The number of nitro groups is 1. The number of nitrogens with zero attached hydrogens (tertiary/aromatic N) is 4. The number of aromatic nitrogens is 1. The summed E-state index contributed by atoms with van der Waals surface area (Å²) in [5.74, 6) is 0.122. The van der Waals surface area contributed by atoms with Crippen molar-refractivity contribution >= 4 is 22.9 Å². The van der Waals surface area contributed by atoms with Gasteiger partial charge in [0, 0.05) is 56.2 Å². The number of rotatable bonds is 4. The lowest BCUT2D eigenvalue weighted by Crippen LogP contribution is -2.47. The molecular weight excluding hydrogens is 328 g/mol. The van der Waals surface area contributed by atoms with Gasteiger partial charge in [0.1, 0.15) is 5.01 Å². The van der Waals surface area contributed by atoms with Crippen LogP contribution in [-0.4, -0.2) is 51.8 Å². The summed E-state index contributed by atoms with van der Waals surface area (Å²) in [6, 6.07) is 6.53. The zero-order valence-electron chi connectivity index (χ0n) is 13.3. The quantitative estimate of drug-likeness (QED) is 0.627. The molecular formula is C16H18N4O3S. The van der Waals surface area contributed by atoms with Gasteiger partial charge in [0.25, 0.3) is 5.69 Å². The summed E-state index contributed by atoms with van der Waals surface area (Å²) in [6.07, 6.45) is 0. The number of non-ortho nitro benzene ring substituents is 1. The van der Waals surface area contributed by atoms with Gasteiger partial charge in [0.2, 0.25) is 5.91 Å². The molecule has 1 saturated heterocycles. The summed E-state index contributed by atoms with van der Waals surface area (Å²) in [4.78, 5) is 30.6. The van der Waals surface area contributed by atoms with Crippen LogP contribution in [0.2, 0.25) is 0 Å². The van der Waals surface area contributed by atoms with Crippen LogP contribution in [0.25, 0.3) is 11.3 Å². The molecule has 0 N–H and O–H groups in total. The van der Waals surface area contributed by atoms with Crippen molar-refractivity contribution in [3.05, 3.63) is 44.8 Å². The molecule has 24 heavy (non-hydrogen) atoms. The molecule has 1 aromatic heterocycles. The smallest absolute Gasteiger partial charge is 0.270 e. The van der Waals surface area contributed by atoms with E-state index in [1.54, 1.807) is 30.4 Å². The highest BCUT2D eigenvalue weighted by atomic mass is 32.1. The number of amides is 1. The number of hydrogen-bond donors (Lipinski definition) is 0. The third-order valence-electron chi connectivity index (χ3n) is 4.08. The van der Waals surface area contributed by atoms with Gasteiger partial charge in [-0.15, -0.1) is 11.3 Å². The molecule has 0 spiro atoms. The van der Waals surface area contributed by atoms with E-state index in [1.807, 2.05) is 16.3 Å². The van der Waals surface area contributed by atoms with Crippen LogP contribution in [0, 0.1) is 10.1 Å². The summed E-state index contributed by atoms with van der Waals surface area (Å²) < 4.78 is 0. The largest absolute Gasteiger partial charge is 0.340 e. The highest BCUT2D eigenvalue weighted by Crippen LogP contribution is 2.26. The van der Waals surface area contributed by atoms with Crippen molar-refractivity contribution in [1.82, 2.24) is 14.8 Å². The van der Waals surface area contributed by atoms with Crippen molar-refractivity contribution in [2.24, 2.45) is 0 Å². The second kappa shape index (κ2) is 7.06. The van der Waals surface area contributed by atoms with Crippen molar-refractivity contribution in [1.29, 1.82) is 0 Å². The zero-order valence-corrected chi connectivity index (χ0v) is 14.2. The Hall–Kier alpha value is -2.32. The first-order chi connectivity index (χ1) is 11.5. The number of carbonyl (C=O) groups is 1. The lowest BCUT2D eigenvalue weighted by molar-refractivity contribution is -0.384. The number of thiazole rings is 1. The molecule has 2 heterocycles. The average molecular weight is 346 g/mol. The Bertz CT molecular complexity index is 753. The maximum absolute atomic E-state index is 11.3. The molecule has 0 radical (unpaired) electrons. The first-order valence-corrected chi connectivity index (χ1v) is 8.58. The first-order valence-electron chi connectivity index (χ1n) is 7.70. The summed E-state index contributed by atoms with van der Waals surface area (Å²) in [5, 5.41) is 13.8. The average Bonchev–Trinajstić information content (AvgIpc) is 3.04. The van der Waals surface area contributed by atoms with Gasteiger partial charge < -0.3 is 4.90 Å². The highest BCUT2D eigenvalue weighted by Gasteiger charge is 2.19. The van der Waals surface area contributed by atoms with E-state index in [-0.39, 0.29) is 11.6 Å². The van der Waals surface area contributed by atoms with Crippen LogP contribution in [0.1, 0.15) is 11.9 Å². The van der Waals surface area contributed by atoms with Crippen LogP contribution in [0.3, 0.4) is 0 Å². The molecule has 1 fully saturated rings. The van der Waals surface area contributed by atoms with E-state index in [2.05, 4.69) is 9.88 Å². The number of hydrogen-bond acceptors (Lipinski definition) is 6. The minimum Gasteiger partial charge on any atom is -0.340 e. The lowest BCUT2D eigenvalue weighted by atomic mass is 10.1. The minimum atomic E-state index is -0.398. The van der Waals surface area contributed by atoms with Gasteiger partial charge in [-0.3, -0.25) is 19.8 Å². The van der Waals surface area contributed by atoms with Gasteiger partial charge in [0.15, 0.2) is 0 Å². The molecule has 8 heteroatoms. The molecule has 0 unspecified atom stereocenters. The molecule has 0 atom stereocenters. The molecule has 0 aliphatic carbocycles. The van der Waals surface area contributed by atoms with E-state index in [1.165, 1.54) is 6.07 Å². The third-order valence-corrected chi connectivity index (χ3v) is 4.91. The Kier molecular flexibility index (Phi) is 4.86. The topological polar surface area (TPSA) is 79.6 Å². The van der Waals surface area contributed by atoms with E-state index < -0.39 is 4.92 Å². The van der Waals surface area contributed by atoms with Gasteiger partial charge in [-0.2, -0.15) is 0 Å².